The third-order valence-corrected chi connectivity index (χ3v) is 6.45. The molecule has 0 saturated heterocycles. The molecular weight excluding hydrogens is 608 g/mol. The molecule has 0 aromatic heterocycles. The van der Waals surface area contributed by atoms with Gasteiger partial charge in [0.2, 0.25) is 53.2 Å². The molecule has 7 atom stereocenters. The average molecular weight is 657 g/mol. The summed E-state index contributed by atoms with van der Waals surface area (Å²) in [6.07, 6.45) is 0. The van der Waals surface area contributed by atoms with Gasteiger partial charge in [0.15, 0.2) is 0 Å². The van der Waals surface area contributed by atoms with Crippen LogP contribution >= 0.6 is 0 Å². The van der Waals surface area contributed by atoms with Gasteiger partial charge in [-0.3, -0.25) is 43.2 Å². The van der Waals surface area contributed by atoms with Crippen LogP contribution in [0.5, 0.6) is 0 Å². The van der Waals surface area contributed by atoms with E-state index in [4.69, 9.17) is 11.5 Å². The molecule has 19 heteroatoms. The lowest BCUT2D eigenvalue weighted by Crippen LogP contribution is -2.57. The Balaban J connectivity index is 4.64. The monoisotopic (exact) mass is 656 g/mol. The second-order valence-electron chi connectivity index (χ2n) is 11.1. The van der Waals surface area contributed by atoms with Gasteiger partial charge in [0.1, 0.15) is 36.3 Å². The highest BCUT2D eigenvalue weighted by atomic mass is 16.2. The summed E-state index contributed by atoms with van der Waals surface area (Å²) in [6, 6.07) is -7.17. The van der Waals surface area contributed by atoms with Crippen LogP contribution in [-0.2, 0) is 43.2 Å². The maximum absolute atomic E-state index is 12.5. The Morgan fingerprint density at radius 1 is 0.435 bits per heavy atom. The number of rotatable bonds is 18. The highest BCUT2D eigenvalue weighted by Gasteiger charge is 2.26. The van der Waals surface area contributed by atoms with Crippen LogP contribution in [-0.4, -0.2) is 109 Å². The molecule has 0 bridgehead atoms. The summed E-state index contributed by atoms with van der Waals surface area (Å²) >= 11 is 0. The molecular formula is C27H48N10O9. The van der Waals surface area contributed by atoms with E-state index < -0.39 is 109 Å². The van der Waals surface area contributed by atoms with E-state index in [1.54, 1.807) is 13.8 Å². The zero-order valence-corrected chi connectivity index (χ0v) is 27.4. The van der Waals surface area contributed by atoms with Gasteiger partial charge in [-0.1, -0.05) is 13.8 Å². The van der Waals surface area contributed by atoms with Crippen molar-refractivity contribution in [3.05, 3.63) is 0 Å². The molecule has 0 unspecified atom stereocenters. The average Bonchev–Trinajstić information content (AvgIpc) is 2.97. The fourth-order valence-electron chi connectivity index (χ4n) is 3.25. The quantitative estimate of drug-likeness (QED) is 0.0668. The van der Waals surface area contributed by atoms with Gasteiger partial charge in [0.25, 0.3) is 0 Å². The summed E-state index contributed by atoms with van der Waals surface area (Å²) in [5.74, 6) is -6.37. The van der Waals surface area contributed by atoms with E-state index >= 15 is 0 Å². The summed E-state index contributed by atoms with van der Waals surface area (Å²) in [6.45, 7) is 10.7. The van der Waals surface area contributed by atoms with E-state index in [-0.39, 0.29) is 5.92 Å². The number of amides is 9. The Hall–Kier alpha value is -4.81. The second kappa shape index (κ2) is 19.6. The molecule has 0 aliphatic rings. The van der Waals surface area contributed by atoms with Gasteiger partial charge in [-0.2, -0.15) is 0 Å². The molecule has 0 aliphatic carbocycles. The molecule has 260 valence electrons. The van der Waals surface area contributed by atoms with E-state index in [0.29, 0.717) is 0 Å². The third kappa shape index (κ3) is 15.3. The van der Waals surface area contributed by atoms with Gasteiger partial charge < -0.3 is 54.0 Å². The van der Waals surface area contributed by atoms with Crippen molar-refractivity contribution < 1.29 is 43.2 Å². The van der Waals surface area contributed by atoms with Gasteiger partial charge in [0.05, 0.1) is 19.1 Å². The first kappa shape index (κ1) is 41.2. The number of hydrogen-bond acceptors (Lipinski definition) is 10. The first-order valence-corrected chi connectivity index (χ1v) is 14.6. The first-order chi connectivity index (χ1) is 21.2. The second-order valence-corrected chi connectivity index (χ2v) is 11.1. The molecule has 19 nitrogen and oxygen atoms in total. The summed E-state index contributed by atoms with van der Waals surface area (Å²) in [5, 5.41) is 18.8. The standard InChI is InChI=1S/C27H48N10O9/c1-11(2)20(28)27(46)37-14(5)23(42)31-10-19(39)33-15(6)24(43)35-17(8)26(45)36-16(7)25(44)34-13(4)22(41)30-9-18(38)32-12(3)21(29)40/h11-17,20H,9-10,28H2,1-8H3,(H2,29,40)(H,30,41)(H,31,42)(H,32,38)(H,33,39)(H,34,44)(H,35,43)(H,36,45)(H,37,46)/t12-,13-,14-,15-,16-,17-,20-/m0/s1. The van der Waals surface area contributed by atoms with E-state index in [0.717, 1.165) is 0 Å². The molecule has 0 rings (SSSR count). The fourth-order valence-corrected chi connectivity index (χ4v) is 3.25. The molecule has 0 saturated carbocycles. The molecule has 0 aliphatic heterocycles. The van der Waals surface area contributed by atoms with Gasteiger partial charge in [-0.05, 0) is 47.5 Å². The minimum absolute atomic E-state index is 0.143. The molecule has 12 N–H and O–H groups in total. The molecule has 0 fully saturated rings. The Bertz CT molecular complexity index is 1160. The van der Waals surface area contributed by atoms with Gasteiger partial charge in [-0.25, -0.2) is 0 Å². The van der Waals surface area contributed by atoms with Crippen LogP contribution in [0.25, 0.3) is 0 Å². The van der Waals surface area contributed by atoms with Crippen LogP contribution < -0.4 is 54.0 Å². The largest absolute Gasteiger partial charge is 0.368 e. The van der Waals surface area contributed by atoms with Crippen molar-refractivity contribution in [3.8, 4) is 0 Å². The van der Waals surface area contributed by atoms with Crippen molar-refractivity contribution in [2.75, 3.05) is 13.1 Å². The predicted molar refractivity (Wildman–Crippen MR) is 164 cm³/mol. The Morgan fingerprint density at radius 2 is 0.717 bits per heavy atom. The number of carbonyl (C=O) groups excluding carboxylic acids is 9. The zero-order valence-electron chi connectivity index (χ0n) is 27.4. The van der Waals surface area contributed by atoms with Crippen molar-refractivity contribution in [1.82, 2.24) is 42.5 Å². The molecule has 9 amide bonds. The summed E-state index contributed by atoms with van der Waals surface area (Å²) in [7, 11) is 0. The third-order valence-electron chi connectivity index (χ3n) is 6.45. The Labute approximate surface area is 267 Å². The number of carbonyl (C=O) groups is 9. The van der Waals surface area contributed by atoms with Crippen LogP contribution in [0.1, 0.15) is 55.4 Å². The van der Waals surface area contributed by atoms with Crippen molar-refractivity contribution in [3.63, 3.8) is 0 Å². The van der Waals surface area contributed by atoms with Crippen LogP contribution in [0.2, 0.25) is 0 Å². The molecule has 46 heavy (non-hydrogen) atoms. The highest BCUT2D eigenvalue weighted by molar-refractivity contribution is 5.96. The SMILES string of the molecule is CC(C)[C@H](N)C(=O)N[C@@H](C)C(=O)NCC(=O)N[C@@H](C)C(=O)N[C@@H](C)C(=O)N[C@@H](C)C(=O)N[C@@H](C)C(=O)NCC(=O)N[C@@H](C)C(N)=O. The van der Waals surface area contributed by atoms with Crippen molar-refractivity contribution in [1.29, 1.82) is 0 Å². The van der Waals surface area contributed by atoms with Crippen LogP contribution in [0.4, 0.5) is 0 Å². The Kier molecular flexibility index (Phi) is 17.5. The van der Waals surface area contributed by atoms with Crippen LogP contribution in [0.3, 0.4) is 0 Å². The zero-order chi connectivity index (χ0) is 35.9. The van der Waals surface area contributed by atoms with Crippen molar-refractivity contribution in [2.45, 2.75) is 97.7 Å². The van der Waals surface area contributed by atoms with E-state index in [1.165, 1.54) is 41.5 Å². The summed E-state index contributed by atoms with van der Waals surface area (Å²) in [5.41, 5.74) is 10.8. The first-order valence-electron chi connectivity index (χ1n) is 14.6. The maximum atomic E-state index is 12.5. The minimum Gasteiger partial charge on any atom is -0.368 e. The van der Waals surface area contributed by atoms with Crippen molar-refractivity contribution >= 4 is 53.2 Å². The maximum Gasteiger partial charge on any atom is 0.242 e. The predicted octanol–water partition coefficient (Wildman–Crippen LogP) is -5.28. The number of hydrogen-bond donors (Lipinski definition) is 10. The molecule has 0 spiro atoms. The van der Waals surface area contributed by atoms with Crippen molar-refractivity contribution in [2.24, 2.45) is 17.4 Å². The lowest BCUT2D eigenvalue weighted by Gasteiger charge is -2.22. The molecule has 0 aromatic carbocycles. The number of nitrogens with one attached hydrogen (secondary N) is 8. The summed E-state index contributed by atoms with van der Waals surface area (Å²) in [4.78, 5) is 109. The van der Waals surface area contributed by atoms with Gasteiger partial charge >= 0.3 is 0 Å². The lowest BCUT2D eigenvalue weighted by atomic mass is 10.0. The molecule has 0 radical (unpaired) electrons. The van der Waals surface area contributed by atoms with Crippen LogP contribution in [0, 0.1) is 5.92 Å². The normalized spacial score (nSPS) is 15.3. The number of nitrogens with two attached hydrogens (primary N) is 2. The van der Waals surface area contributed by atoms with E-state index in [2.05, 4.69) is 42.5 Å². The fraction of sp³-hybridized carbons (Fsp3) is 0.667. The molecule has 0 heterocycles. The lowest BCUT2D eigenvalue weighted by molar-refractivity contribution is -0.134. The minimum atomic E-state index is -1.13. The molecule has 0 aromatic rings. The highest BCUT2D eigenvalue weighted by Crippen LogP contribution is 1.99. The number of primary amides is 1. The van der Waals surface area contributed by atoms with Crippen LogP contribution in [0.15, 0.2) is 0 Å². The van der Waals surface area contributed by atoms with Gasteiger partial charge in [0, 0.05) is 0 Å². The summed E-state index contributed by atoms with van der Waals surface area (Å²) < 4.78 is 0. The Morgan fingerprint density at radius 3 is 1.04 bits per heavy atom. The van der Waals surface area contributed by atoms with E-state index in [9.17, 15) is 43.2 Å². The topological polar surface area (TPSA) is 302 Å². The van der Waals surface area contributed by atoms with E-state index in [1.807, 2.05) is 0 Å². The smallest absolute Gasteiger partial charge is 0.242 e. The van der Waals surface area contributed by atoms with Gasteiger partial charge in [-0.15, -0.1) is 0 Å².